The highest BCUT2D eigenvalue weighted by molar-refractivity contribution is 5.72. The Morgan fingerprint density at radius 2 is 0.531 bits per heavy atom. The first-order chi connectivity index (χ1) is 40.0. The van der Waals surface area contributed by atoms with Crippen molar-refractivity contribution in [1.82, 2.24) is 0 Å². The van der Waals surface area contributed by atoms with Crippen LogP contribution in [0.5, 0.6) is 0 Å². The van der Waals surface area contributed by atoms with Crippen molar-refractivity contribution < 1.29 is 28.6 Å². The number of esters is 3. The van der Waals surface area contributed by atoms with Crippen molar-refractivity contribution in [3.05, 3.63) is 134 Å². The predicted octanol–water partition coefficient (Wildman–Crippen LogP) is 23.3. The van der Waals surface area contributed by atoms with Crippen LogP contribution in [-0.4, -0.2) is 37.2 Å². The predicted molar refractivity (Wildman–Crippen MR) is 353 cm³/mol. The Balaban J connectivity index is 4.39. The first-order valence-corrected chi connectivity index (χ1v) is 33.7. The second kappa shape index (κ2) is 68.1. The fourth-order valence-corrected chi connectivity index (χ4v) is 9.25. The highest BCUT2D eigenvalue weighted by Crippen LogP contribution is 2.17. The average Bonchev–Trinajstić information content (AvgIpc) is 3.47. The number of unbranched alkanes of at least 4 members (excludes halogenated alkanes) is 28. The van der Waals surface area contributed by atoms with Gasteiger partial charge in [0.1, 0.15) is 13.2 Å². The Morgan fingerprint density at radius 3 is 0.840 bits per heavy atom. The van der Waals surface area contributed by atoms with Crippen LogP contribution in [-0.2, 0) is 28.6 Å². The summed E-state index contributed by atoms with van der Waals surface area (Å²) in [6.07, 6.45) is 96.7. The van der Waals surface area contributed by atoms with Gasteiger partial charge in [0.15, 0.2) is 6.10 Å². The van der Waals surface area contributed by atoms with Gasteiger partial charge in [0, 0.05) is 12.8 Å². The molecule has 0 aromatic heterocycles. The summed E-state index contributed by atoms with van der Waals surface area (Å²) < 4.78 is 16.7. The lowest BCUT2D eigenvalue weighted by Crippen LogP contribution is -2.30. The van der Waals surface area contributed by atoms with Crippen LogP contribution in [0.15, 0.2) is 134 Å². The van der Waals surface area contributed by atoms with Crippen LogP contribution in [0.4, 0.5) is 0 Å². The van der Waals surface area contributed by atoms with E-state index in [0.717, 1.165) is 89.9 Å². The van der Waals surface area contributed by atoms with Gasteiger partial charge in [-0.1, -0.05) is 334 Å². The minimum absolute atomic E-state index is 0.107. The largest absolute Gasteiger partial charge is 0.462 e. The van der Waals surface area contributed by atoms with Crippen molar-refractivity contribution in [1.29, 1.82) is 0 Å². The number of carbonyl (C=O) groups excluding carboxylic acids is 3. The monoisotopic (exact) mass is 1120 g/mol. The van der Waals surface area contributed by atoms with Crippen LogP contribution in [0.2, 0.25) is 0 Å². The molecule has 0 aliphatic rings. The molecular formula is C75H124O6. The SMILES string of the molecule is CC/C=C\C/C=C\C/C=C\C/C=C\C/C=C\C/C=C\CCC(=O)OC(COC(=O)C/C=C\C/C=C\C/C=C\C/C=C\C/C=C\CC)COC(=O)CCCCCCCCCCCCCCCCCCCCCCCCCCCCCCC. The van der Waals surface area contributed by atoms with E-state index >= 15 is 0 Å². The zero-order valence-electron chi connectivity index (χ0n) is 52.8. The highest BCUT2D eigenvalue weighted by Gasteiger charge is 2.19. The van der Waals surface area contributed by atoms with Crippen LogP contribution in [0.25, 0.3) is 0 Å². The average molecular weight is 1120 g/mol. The lowest BCUT2D eigenvalue weighted by Gasteiger charge is -2.18. The maximum atomic E-state index is 12.9. The lowest BCUT2D eigenvalue weighted by atomic mass is 10.0. The van der Waals surface area contributed by atoms with E-state index in [-0.39, 0.29) is 32.0 Å². The fourth-order valence-electron chi connectivity index (χ4n) is 9.25. The molecule has 0 aromatic carbocycles. The molecule has 0 radical (unpaired) electrons. The van der Waals surface area contributed by atoms with Gasteiger partial charge < -0.3 is 14.2 Å². The van der Waals surface area contributed by atoms with Gasteiger partial charge >= 0.3 is 17.9 Å². The summed E-state index contributed by atoms with van der Waals surface area (Å²) >= 11 is 0. The third-order valence-electron chi connectivity index (χ3n) is 14.2. The molecular weight excluding hydrogens is 997 g/mol. The number of allylic oxidation sites excluding steroid dienone is 21. The van der Waals surface area contributed by atoms with Crippen molar-refractivity contribution in [2.75, 3.05) is 13.2 Å². The molecule has 0 bridgehead atoms. The molecule has 0 saturated heterocycles. The van der Waals surface area contributed by atoms with Crippen LogP contribution in [0, 0.1) is 0 Å². The normalized spacial score (nSPS) is 13.0. The minimum Gasteiger partial charge on any atom is -0.462 e. The summed E-state index contributed by atoms with van der Waals surface area (Å²) in [6, 6.07) is 0. The zero-order chi connectivity index (χ0) is 58.5. The molecule has 1 unspecified atom stereocenters. The fraction of sp³-hybridized carbons (Fsp3) is 0.667. The summed E-state index contributed by atoms with van der Waals surface area (Å²) in [5.74, 6) is -1.16. The lowest BCUT2D eigenvalue weighted by molar-refractivity contribution is -0.166. The van der Waals surface area contributed by atoms with Gasteiger partial charge in [0.2, 0.25) is 0 Å². The summed E-state index contributed by atoms with van der Waals surface area (Å²) in [6.45, 7) is 6.29. The summed E-state index contributed by atoms with van der Waals surface area (Å²) in [7, 11) is 0. The molecule has 0 rings (SSSR count). The van der Waals surface area contributed by atoms with Gasteiger partial charge in [-0.2, -0.15) is 0 Å². The van der Waals surface area contributed by atoms with Gasteiger partial charge in [-0.25, -0.2) is 0 Å². The molecule has 6 heteroatoms. The number of rotatable bonds is 60. The second-order valence-corrected chi connectivity index (χ2v) is 22.0. The van der Waals surface area contributed by atoms with Crippen LogP contribution in [0.3, 0.4) is 0 Å². The molecule has 1 atom stereocenters. The first-order valence-electron chi connectivity index (χ1n) is 33.7. The standard InChI is InChI=1S/C75H124O6/c1-4-7-10-13-16-19-22-25-28-30-32-33-34-35-36-37-38-39-40-41-43-44-47-50-53-56-59-62-65-68-74(77)80-71-72(70-79-73(76)67-64-61-58-55-52-49-46-27-24-21-18-15-12-9-6-3)81-75(78)69-66-63-60-57-54-51-48-45-42-31-29-26-23-20-17-14-11-8-5-2/h8-9,11-12,17-18,20-21,26-27,29,42,45-46,51-52,54-55,60-61,63-64,72H,4-7,10,13-16,19,22-25,28,30-41,43-44,47-50,53,56-59,62,65-71H2,1-3H3/b11-8-,12-9-,20-17-,21-18-,29-26-,45-42-,46-27-,54-51-,55-52-,63-60-,64-61-. The van der Waals surface area contributed by atoms with Crippen LogP contribution >= 0.6 is 0 Å². The van der Waals surface area contributed by atoms with Gasteiger partial charge in [-0.05, 0) is 83.5 Å². The molecule has 0 aliphatic heterocycles. The quantitative estimate of drug-likeness (QED) is 0.0261. The molecule has 0 amide bonds. The molecule has 460 valence electrons. The van der Waals surface area contributed by atoms with Crippen molar-refractivity contribution in [3.63, 3.8) is 0 Å². The van der Waals surface area contributed by atoms with Crippen molar-refractivity contribution in [2.24, 2.45) is 0 Å². The van der Waals surface area contributed by atoms with Crippen molar-refractivity contribution >= 4 is 17.9 Å². The summed E-state index contributed by atoms with van der Waals surface area (Å²) in [5.41, 5.74) is 0. The second-order valence-electron chi connectivity index (χ2n) is 22.0. The van der Waals surface area contributed by atoms with Gasteiger partial charge in [-0.3, -0.25) is 14.4 Å². The Hall–Kier alpha value is -4.45. The third-order valence-corrected chi connectivity index (χ3v) is 14.2. The maximum Gasteiger partial charge on any atom is 0.309 e. The maximum absolute atomic E-state index is 12.9. The molecule has 0 N–H and O–H groups in total. The van der Waals surface area contributed by atoms with Gasteiger partial charge in [0.05, 0.1) is 6.42 Å². The molecule has 0 saturated carbocycles. The summed E-state index contributed by atoms with van der Waals surface area (Å²) in [4.78, 5) is 38.2. The number of ether oxygens (including phenoxy) is 3. The zero-order valence-corrected chi connectivity index (χ0v) is 52.8. The van der Waals surface area contributed by atoms with E-state index in [9.17, 15) is 14.4 Å². The smallest absolute Gasteiger partial charge is 0.309 e. The van der Waals surface area contributed by atoms with E-state index in [0.29, 0.717) is 12.8 Å². The number of hydrogen-bond acceptors (Lipinski definition) is 6. The molecule has 6 nitrogen and oxygen atoms in total. The minimum atomic E-state index is -0.863. The van der Waals surface area contributed by atoms with E-state index < -0.39 is 18.0 Å². The summed E-state index contributed by atoms with van der Waals surface area (Å²) in [5, 5.41) is 0. The molecule has 0 spiro atoms. The van der Waals surface area contributed by atoms with Crippen molar-refractivity contribution in [2.45, 2.75) is 309 Å². The Labute approximate surface area is 500 Å². The van der Waals surface area contributed by atoms with Gasteiger partial charge in [-0.15, -0.1) is 0 Å². The highest BCUT2D eigenvalue weighted by atomic mass is 16.6. The molecule has 0 aliphatic carbocycles. The van der Waals surface area contributed by atoms with Crippen LogP contribution in [0.1, 0.15) is 303 Å². The molecule has 0 fully saturated rings. The van der Waals surface area contributed by atoms with E-state index in [1.165, 1.54) is 167 Å². The first kappa shape index (κ1) is 76.5. The van der Waals surface area contributed by atoms with E-state index in [4.69, 9.17) is 14.2 Å². The third kappa shape index (κ3) is 66.2. The Bertz CT molecular complexity index is 1720. The Morgan fingerprint density at radius 1 is 0.272 bits per heavy atom. The van der Waals surface area contributed by atoms with Gasteiger partial charge in [0.25, 0.3) is 0 Å². The number of carbonyl (C=O) groups is 3. The molecule has 0 aromatic rings. The van der Waals surface area contributed by atoms with E-state index in [1.807, 2.05) is 18.2 Å². The Kier molecular flexibility index (Phi) is 64.3. The molecule has 81 heavy (non-hydrogen) atoms. The molecule has 0 heterocycles. The van der Waals surface area contributed by atoms with Crippen molar-refractivity contribution in [3.8, 4) is 0 Å². The topological polar surface area (TPSA) is 78.9 Å². The van der Waals surface area contributed by atoms with E-state index in [1.54, 1.807) is 6.08 Å². The van der Waals surface area contributed by atoms with E-state index in [2.05, 4.69) is 130 Å². The van der Waals surface area contributed by atoms with Crippen LogP contribution < -0.4 is 0 Å². The number of hydrogen-bond donors (Lipinski definition) is 0.